The molecular formula is C17H22N4O. The van der Waals surface area contributed by atoms with E-state index in [2.05, 4.69) is 32.3 Å². The Bertz CT molecular complexity index is 614. The van der Waals surface area contributed by atoms with Crippen LogP contribution in [0.3, 0.4) is 0 Å². The first kappa shape index (κ1) is 14.9. The molecule has 5 nitrogen and oxygen atoms in total. The summed E-state index contributed by atoms with van der Waals surface area (Å²) in [6.45, 7) is 5.76. The summed E-state index contributed by atoms with van der Waals surface area (Å²) in [5.41, 5.74) is 2.38. The van der Waals surface area contributed by atoms with Crippen molar-refractivity contribution < 1.29 is 4.74 Å². The summed E-state index contributed by atoms with van der Waals surface area (Å²) in [7, 11) is 1.70. The number of rotatable bonds is 4. The van der Waals surface area contributed by atoms with Crippen molar-refractivity contribution in [3.05, 3.63) is 53.6 Å². The van der Waals surface area contributed by atoms with Crippen molar-refractivity contribution in [2.24, 2.45) is 0 Å². The van der Waals surface area contributed by atoms with Gasteiger partial charge in [0.15, 0.2) is 0 Å². The minimum absolute atomic E-state index is 0.356. The molecule has 1 N–H and O–H groups in total. The largest absolute Gasteiger partial charge is 0.497 e. The van der Waals surface area contributed by atoms with E-state index in [1.165, 1.54) is 5.56 Å². The smallest absolute Gasteiger partial charge is 0.125 e. The molecule has 0 saturated carbocycles. The van der Waals surface area contributed by atoms with Gasteiger partial charge in [-0.05, 0) is 30.7 Å². The molecule has 1 aliphatic rings. The lowest BCUT2D eigenvalue weighted by Gasteiger charge is -2.36. The van der Waals surface area contributed by atoms with Crippen LogP contribution in [0.5, 0.6) is 5.75 Å². The number of hydrogen-bond acceptors (Lipinski definition) is 5. The summed E-state index contributed by atoms with van der Waals surface area (Å²) in [4.78, 5) is 11.2. The number of nitrogens with one attached hydrogen (secondary N) is 1. The zero-order chi connectivity index (χ0) is 15.4. The molecular weight excluding hydrogens is 276 g/mol. The lowest BCUT2D eigenvalue weighted by Crippen LogP contribution is -2.45. The van der Waals surface area contributed by atoms with Crippen LogP contribution in [0.1, 0.15) is 23.1 Å². The van der Waals surface area contributed by atoms with Crippen molar-refractivity contribution in [3.63, 3.8) is 0 Å². The van der Waals surface area contributed by atoms with Gasteiger partial charge in [-0.25, -0.2) is 9.97 Å². The molecule has 0 radical (unpaired) electrons. The van der Waals surface area contributed by atoms with Crippen molar-refractivity contribution >= 4 is 0 Å². The van der Waals surface area contributed by atoms with Crippen LogP contribution in [0.2, 0.25) is 0 Å². The molecule has 116 valence electrons. The summed E-state index contributed by atoms with van der Waals surface area (Å²) in [6, 6.07) is 10.7. The maximum absolute atomic E-state index is 5.25. The molecule has 0 spiro atoms. The highest BCUT2D eigenvalue weighted by Crippen LogP contribution is 2.25. The van der Waals surface area contributed by atoms with E-state index in [1.54, 1.807) is 7.11 Å². The maximum Gasteiger partial charge on any atom is 0.125 e. The van der Waals surface area contributed by atoms with Crippen molar-refractivity contribution in [1.82, 2.24) is 20.2 Å². The number of ether oxygens (including phenoxy) is 1. The van der Waals surface area contributed by atoms with E-state index >= 15 is 0 Å². The minimum Gasteiger partial charge on any atom is -0.497 e. The van der Waals surface area contributed by atoms with E-state index in [4.69, 9.17) is 4.74 Å². The van der Waals surface area contributed by atoms with Crippen LogP contribution in [-0.2, 0) is 6.54 Å². The van der Waals surface area contributed by atoms with Gasteiger partial charge in [-0.2, -0.15) is 0 Å². The Balaban J connectivity index is 1.78. The van der Waals surface area contributed by atoms with Crippen LogP contribution < -0.4 is 10.1 Å². The Morgan fingerprint density at radius 3 is 2.82 bits per heavy atom. The molecule has 1 atom stereocenters. The lowest BCUT2D eigenvalue weighted by atomic mass is 10.0. The van der Waals surface area contributed by atoms with Crippen LogP contribution in [0.15, 0.2) is 36.5 Å². The third-order valence-corrected chi connectivity index (χ3v) is 4.05. The van der Waals surface area contributed by atoms with E-state index in [0.717, 1.165) is 43.4 Å². The van der Waals surface area contributed by atoms with Gasteiger partial charge < -0.3 is 10.1 Å². The van der Waals surface area contributed by atoms with Crippen LogP contribution in [-0.4, -0.2) is 41.6 Å². The fourth-order valence-electron chi connectivity index (χ4n) is 2.89. The summed E-state index contributed by atoms with van der Waals surface area (Å²) < 4.78 is 5.25. The molecule has 3 rings (SSSR count). The highest BCUT2D eigenvalue weighted by Gasteiger charge is 2.24. The van der Waals surface area contributed by atoms with E-state index in [-0.39, 0.29) is 0 Å². The first-order chi connectivity index (χ1) is 10.8. The SMILES string of the molecule is COc1ccc([C@@H]2CNCCN2Cc2ccnc(C)n2)cc1. The van der Waals surface area contributed by atoms with Gasteiger partial charge in [-0.15, -0.1) is 0 Å². The Labute approximate surface area is 131 Å². The quantitative estimate of drug-likeness (QED) is 0.935. The fraction of sp³-hybridized carbons (Fsp3) is 0.412. The maximum atomic E-state index is 5.25. The lowest BCUT2D eigenvalue weighted by molar-refractivity contribution is 0.151. The Morgan fingerprint density at radius 2 is 2.09 bits per heavy atom. The molecule has 0 aliphatic carbocycles. The summed E-state index contributed by atoms with van der Waals surface area (Å²) in [5, 5.41) is 3.48. The molecule has 1 aliphatic heterocycles. The average molecular weight is 298 g/mol. The molecule has 5 heteroatoms. The molecule has 2 heterocycles. The molecule has 2 aromatic rings. The fourth-order valence-corrected chi connectivity index (χ4v) is 2.89. The third kappa shape index (κ3) is 3.43. The molecule has 1 aromatic carbocycles. The molecule has 1 fully saturated rings. The van der Waals surface area contributed by atoms with Crippen LogP contribution in [0.4, 0.5) is 0 Å². The van der Waals surface area contributed by atoms with E-state index in [0.29, 0.717) is 6.04 Å². The molecule has 0 bridgehead atoms. The third-order valence-electron chi connectivity index (χ3n) is 4.05. The van der Waals surface area contributed by atoms with Gasteiger partial charge in [0.2, 0.25) is 0 Å². The summed E-state index contributed by atoms with van der Waals surface area (Å²) in [6.07, 6.45) is 1.84. The first-order valence-corrected chi connectivity index (χ1v) is 7.63. The second-order valence-electron chi connectivity index (χ2n) is 5.56. The second-order valence-corrected chi connectivity index (χ2v) is 5.56. The van der Waals surface area contributed by atoms with Crippen LogP contribution >= 0.6 is 0 Å². The Morgan fingerprint density at radius 1 is 1.27 bits per heavy atom. The molecule has 1 aromatic heterocycles. The monoisotopic (exact) mass is 298 g/mol. The number of aryl methyl sites for hydroxylation is 1. The van der Waals surface area contributed by atoms with Gasteiger partial charge in [-0.1, -0.05) is 12.1 Å². The number of methoxy groups -OCH3 is 1. The standard InChI is InChI=1S/C17H22N4O/c1-13-19-8-7-15(20-13)12-21-10-9-18-11-17(21)14-3-5-16(22-2)6-4-14/h3-8,17-18H,9-12H2,1-2H3/t17-/m0/s1. The van der Waals surface area contributed by atoms with Crippen molar-refractivity contribution in [2.45, 2.75) is 19.5 Å². The highest BCUT2D eigenvalue weighted by atomic mass is 16.5. The van der Waals surface area contributed by atoms with Gasteiger partial charge in [0.25, 0.3) is 0 Å². The molecule has 0 amide bonds. The predicted octanol–water partition coefficient (Wildman–Crippen LogP) is 1.94. The molecule has 0 unspecified atom stereocenters. The molecule has 22 heavy (non-hydrogen) atoms. The zero-order valence-corrected chi connectivity index (χ0v) is 13.1. The van der Waals surface area contributed by atoms with Crippen LogP contribution in [0, 0.1) is 6.92 Å². The number of piperazine rings is 1. The molecule has 1 saturated heterocycles. The number of benzene rings is 1. The van der Waals surface area contributed by atoms with E-state index < -0.39 is 0 Å². The number of nitrogens with zero attached hydrogens (tertiary/aromatic N) is 3. The van der Waals surface area contributed by atoms with Crippen molar-refractivity contribution in [1.29, 1.82) is 0 Å². The second kappa shape index (κ2) is 6.85. The van der Waals surface area contributed by atoms with Crippen molar-refractivity contribution in [2.75, 3.05) is 26.7 Å². The topological polar surface area (TPSA) is 50.3 Å². The normalized spacial score (nSPS) is 19.1. The van der Waals surface area contributed by atoms with E-state index in [9.17, 15) is 0 Å². The number of aromatic nitrogens is 2. The van der Waals surface area contributed by atoms with Gasteiger partial charge in [0.1, 0.15) is 11.6 Å². The van der Waals surface area contributed by atoms with Crippen molar-refractivity contribution in [3.8, 4) is 5.75 Å². The Hall–Kier alpha value is -1.98. The highest BCUT2D eigenvalue weighted by molar-refractivity contribution is 5.29. The first-order valence-electron chi connectivity index (χ1n) is 7.63. The predicted molar refractivity (Wildman–Crippen MR) is 85.8 cm³/mol. The van der Waals surface area contributed by atoms with Gasteiger partial charge >= 0.3 is 0 Å². The zero-order valence-electron chi connectivity index (χ0n) is 13.1. The minimum atomic E-state index is 0.356. The summed E-state index contributed by atoms with van der Waals surface area (Å²) >= 11 is 0. The summed E-state index contributed by atoms with van der Waals surface area (Å²) in [5.74, 6) is 1.72. The van der Waals surface area contributed by atoms with Crippen LogP contribution in [0.25, 0.3) is 0 Å². The Kier molecular flexibility index (Phi) is 4.65. The van der Waals surface area contributed by atoms with Gasteiger partial charge in [-0.3, -0.25) is 4.90 Å². The number of hydrogen-bond donors (Lipinski definition) is 1. The average Bonchev–Trinajstić information content (AvgIpc) is 2.56. The van der Waals surface area contributed by atoms with Gasteiger partial charge in [0, 0.05) is 38.4 Å². The van der Waals surface area contributed by atoms with Gasteiger partial charge in [0.05, 0.1) is 12.8 Å². The van der Waals surface area contributed by atoms with E-state index in [1.807, 2.05) is 31.3 Å².